The van der Waals surface area contributed by atoms with E-state index in [1.807, 2.05) is 12.1 Å². The first-order valence-electron chi connectivity index (χ1n) is 9.10. The lowest BCUT2D eigenvalue weighted by Gasteiger charge is -2.35. The smallest absolute Gasteiger partial charge is 0.189 e. The zero-order chi connectivity index (χ0) is 18.4. The van der Waals surface area contributed by atoms with Gasteiger partial charge >= 0.3 is 0 Å². The Morgan fingerprint density at radius 1 is 1.00 bits per heavy atom. The molecule has 6 heteroatoms. The van der Waals surface area contributed by atoms with Crippen molar-refractivity contribution >= 4 is 40.3 Å². The molecule has 3 atom stereocenters. The highest BCUT2D eigenvalue weighted by Crippen LogP contribution is 2.29. The molecule has 2 rings (SSSR count). The third-order valence-electron chi connectivity index (χ3n) is 5.15. The predicted octanol–water partition coefficient (Wildman–Crippen LogP) is 4.30. The Morgan fingerprint density at radius 2 is 1.64 bits per heavy atom. The van der Waals surface area contributed by atoms with Gasteiger partial charge in [0.25, 0.3) is 0 Å². The van der Waals surface area contributed by atoms with Crippen LogP contribution in [0.2, 0.25) is 0 Å². The van der Waals surface area contributed by atoms with Gasteiger partial charge < -0.3 is 10.6 Å². The number of hydrazine groups is 1. The van der Waals surface area contributed by atoms with E-state index in [1.165, 1.54) is 18.4 Å². The van der Waals surface area contributed by atoms with E-state index in [9.17, 15) is 0 Å². The fourth-order valence-corrected chi connectivity index (χ4v) is 3.59. The zero-order valence-corrected chi connectivity index (χ0v) is 17.2. The van der Waals surface area contributed by atoms with Gasteiger partial charge in [0.1, 0.15) is 0 Å². The average molecular weight is 379 g/mol. The second-order valence-electron chi connectivity index (χ2n) is 7.33. The lowest BCUT2D eigenvalue weighted by Crippen LogP contribution is -2.53. The summed E-state index contributed by atoms with van der Waals surface area (Å²) in [4.78, 5) is 0. The van der Waals surface area contributed by atoms with E-state index >= 15 is 0 Å². The van der Waals surface area contributed by atoms with Gasteiger partial charge in [0.05, 0.1) is 0 Å². The maximum atomic E-state index is 5.38. The fraction of sp³-hybridized carbons (Fsp3) is 0.579. The molecule has 138 valence electrons. The highest BCUT2D eigenvalue weighted by molar-refractivity contribution is 7.80. The van der Waals surface area contributed by atoms with Crippen LogP contribution >= 0.6 is 24.4 Å². The highest BCUT2D eigenvalue weighted by atomic mass is 32.1. The van der Waals surface area contributed by atoms with Gasteiger partial charge in [-0.1, -0.05) is 52.7 Å². The molecular formula is C19H30N4S2. The summed E-state index contributed by atoms with van der Waals surface area (Å²) >= 11 is 10.7. The van der Waals surface area contributed by atoms with Crippen molar-refractivity contribution in [3.05, 3.63) is 29.8 Å². The van der Waals surface area contributed by atoms with Crippen LogP contribution in [0.4, 0.5) is 5.69 Å². The number of hydrogen-bond acceptors (Lipinski definition) is 2. The molecule has 1 fully saturated rings. The minimum atomic E-state index is 0.427. The van der Waals surface area contributed by atoms with Gasteiger partial charge in [-0.15, -0.1) is 0 Å². The van der Waals surface area contributed by atoms with Gasteiger partial charge in [-0.05, 0) is 66.3 Å². The van der Waals surface area contributed by atoms with Crippen molar-refractivity contribution in [3.8, 4) is 0 Å². The van der Waals surface area contributed by atoms with Crippen molar-refractivity contribution in [2.75, 3.05) is 5.32 Å². The lowest BCUT2D eigenvalue weighted by atomic mass is 9.78. The molecule has 1 aliphatic rings. The summed E-state index contributed by atoms with van der Waals surface area (Å²) in [5.74, 6) is 1.88. The topological polar surface area (TPSA) is 48.1 Å². The summed E-state index contributed by atoms with van der Waals surface area (Å²) in [5, 5.41) is 7.64. The van der Waals surface area contributed by atoms with Crippen LogP contribution in [0.5, 0.6) is 0 Å². The van der Waals surface area contributed by atoms with Crippen LogP contribution < -0.4 is 21.5 Å². The Morgan fingerprint density at radius 3 is 2.28 bits per heavy atom. The van der Waals surface area contributed by atoms with E-state index < -0.39 is 0 Å². The molecule has 0 saturated heterocycles. The second kappa shape index (κ2) is 9.34. The third-order valence-corrected chi connectivity index (χ3v) is 5.57. The van der Waals surface area contributed by atoms with Crippen molar-refractivity contribution in [1.82, 2.24) is 16.2 Å². The largest absolute Gasteiger partial charge is 0.358 e. The van der Waals surface area contributed by atoms with Gasteiger partial charge in [0.15, 0.2) is 10.2 Å². The van der Waals surface area contributed by atoms with Gasteiger partial charge in [-0.2, -0.15) is 0 Å². The normalized spacial score (nSPS) is 23.0. The standard InChI is InChI=1S/C19H30N4S2/c1-12(2)15-8-10-16(11-9-15)20-18(24)22-23-19(25)21-17-7-5-6-13(3)14(17)4/h8-14,17H,5-7H2,1-4H3,(H2,20,22,24)(H2,21,23,25)/t13-,14-,17-/m1/s1. The van der Waals surface area contributed by atoms with Crippen molar-refractivity contribution in [3.63, 3.8) is 0 Å². The molecule has 25 heavy (non-hydrogen) atoms. The summed E-state index contributed by atoms with van der Waals surface area (Å²) in [7, 11) is 0. The number of nitrogens with one attached hydrogen (secondary N) is 4. The predicted molar refractivity (Wildman–Crippen MR) is 115 cm³/mol. The summed E-state index contributed by atoms with van der Waals surface area (Å²) in [5.41, 5.74) is 8.20. The van der Waals surface area contributed by atoms with Gasteiger partial charge in [0, 0.05) is 11.7 Å². The molecule has 0 heterocycles. The first-order chi connectivity index (χ1) is 11.9. The Kier molecular flexibility index (Phi) is 7.44. The summed E-state index contributed by atoms with van der Waals surface area (Å²) in [6.07, 6.45) is 3.73. The molecule has 1 saturated carbocycles. The average Bonchev–Trinajstić information content (AvgIpc) is 2.58. The fourth-order valence-electron chi connectivity index (χ4n) is 3.22. The molecule has 1 aromatic carbocycles. The molecule has 0 amide bonds. The number of thiocarbonyl (C=S) groups is 2. The van der Waals surface area contributed by atoms with Crippen LogP contribution in [0.3, 0.4) is 0 Å². The van der Waals surface area contributed by atoms with Gasteiger partial charge in [-0.25, -0.2) is 0 Å². The maximum Gasteiger partial charge on any atom is 0.189 e. The highest BCUT2D eigenvalue weighted by Gasteiger charge is 2.27. The molecule has 0 aliphatic heterocycles. The molecule has 0 bridgehead atoms. The van der Waals surface area contributed by atoms with E-state index in [4.69, 9.17) is 24.4 Å². The van der Waals surface area contributed by atoms with Crippen LogP contribution in [0.25, 0.3) is 0 Å². The minimum Gasteiger partial charge on any atom is -0.358 e. The Balaban J connectivity index is 1.74. The Hall–Kier alpha value is -1.40. The first kappa shape index (κ1) is 19.9. The number of benzene rings is 1. The van der Waals surface area contributed by atoms with Crippen LogP contribution in [0, 0.1) is 11.8 Å². The van der Waals surface area contributed by atoms with Gasteiger partial charge in [-0.3, -0.25) is 10.9 Å². The van der Waals surface area contributed by atoms with Crippen LogP contribution in [0.15, 0.2) is 24.3 Å². The SMILES string of the molecule is CC(C)c1ccc(NC(=S)NNC(=S)N[C@@H]2CCC[C@@H](C)[C@H]2C)cc1. The molecule has 0 aromatic heterocycles. The van der Waals surface area contributed by atoms with Gasteiger partial charge in [0.2, 0.25) is 0 Å². The Labute approximate surface area is 162 Å². The second-order valence-corrected chi connectivity index (χ2v) is 8.14. The first-order valence-corrected chi connectivity index (χ1v) is 9.92. The molecule has 0 unspecified atom stereocenters. The van der Waals surface area contributed by atoms with Crippen LogP contribution in [-0.2, 0) is 0 Å². The number of hydrogen-bond donors (Lipinski definition) is 4. The van der Waals surface area contributed by atoms with Crippen molar-refractivity contribution in [2.45, 2.75) is 58.9 Å². The van der Waals surface area contributed by atoms with Crippen LogP contribution in [-0.4, -0.2) is 16.3 Å². The molecule has 1 aliphatic carbocycles. The molecule has 1 aromatic rings. The summed E-state index contributed by atoms with van der Waals surface area (Å²) in [6.45, 7) is 8.97. The third kappa shape index (κ3) is 6.12. The van der Waals surface area contributed by atoms with Crippen molar-refractivity contribution in [2.24, 2.45) is 11.8 Å². The summed E-state index contributed by atoms with van der Waals surface area (Å²) in [6, 6.07) is 8.72. The zero-order valence-electron chi connectivity index (χ0n) is 15.6. The molecule has 0 spiro atoms. The molecular weight excluding hydrogens is 348 g/mol. The van der Waals surface area contributed by atoms with E-state index in [0.29, 0.717) is 28.1 Å². The molecule has 4 N–H and O–H groups in total. The van der Waals surface area contributed by atoms with E-state index in [2.05, 4.69) is 61.3 Å². The van der Waals surface area contributed by atoms with Crippen molar-refractivity contribution < 1.29 is 0 Å². The van der Waals surface area contributed by atoms with E-state index in [1.54, 1.807) is 0 Å². The quantitative estimate of drug-likeness (QED) is 0.465. The minimum absolute atomic E-state index is 0.427. The van der Waals surface area contributed by atoms with Crippen molar-refractivity contribution in [1.29, 1.82) is 0 Å². The Bertz CT molecular complexity index is 586. The number of anilines is 1. The monoisotopic (exact) mass is 378 g/mol. The molecule has 0 radical (unpaired) electrons. The molecule has 4 nitrogen and oxygen atoms in total. The maximum absolute atomic E-state index is 5.38. The van der Waals surface area contributed by atoms with E-state index in [0.717, 1.165) is 18.0 Å². The lowest BCUT2D eigenvalue weighted by molar-refractivity contribution is 0.224. The van der Waals surface area contributed by atoms with Crippen LogP contribution in [0.1, 0.15) is 58.4 Å². The number of rotatable bonds is 3. The van der Waals surface area contributed by atoms with E-state index in [-0.39, 0.29) is 0 Å². The summed E-state index contributed by atoms with van der Waals surface area (Å²) < 4.78 is 0.